The van der Waals surface area contributed by atoms with Gasteiger partial charge in [0.25, 0.3) is 0 Å². The van der Waals surface area contributed by atoms with Crippen molar-refractivity contribution in [1.29, 1.82) is 0 Å². The quantitative estimate of drug-likeness (QED) is 0.872. The van der Waals surface area contributed by atoms with E-state index in [-0.39, 0.29) is 11.7 Å². The van der Waals surface area contributed by atoms with E-state index in [1.807, 2.05) is 4.90 Å². The lowest BCUT2D eigenvalue weighted by atomic mass is 10.1. The minimum atomic E-state index is -0.265. The van der Waals surface area contributed by atoms with Crippen LogP contribution in [0, 0.1) is 5.82 Å². The summed E-state index contributed by atoms with van der Waals surface area (Å²) in [5.41, 5.74) is 0.540. The molecule has 0 saturated carbocycles. The summed E-state index contributed by atoms with van der Waals surface area (Å²) < 4.78 is 13.9. The van der Waals surface area contributed by atoms with Gasteiger partial charge in [0.15, 0.2) is 0 Å². The summed E-state index contributed by atoms with van der Waals surface area (Å²) in [6.45, 7) is 8.77. The summed E-state index contributed by atoms with van der Waals surface area (Å²) in [4.78, 5) is 18.9. The van der Waals surface area contributed by atoms with Crippen molar-refractivity contribution in [2.24, 2.45) is 0 Å². The van der Waals surface area contributed by atoms with Crippen molar-refractivity contribution in [3.8, 4) is 0 Å². The molecule has 0 unspecified atom stereocenters. The Morgan fingerprint density at radius 1 is 1.28 bits per heavy atom. The molecule has 0 bridgehead atoms. The zero-order valence-corrected chi connectivity index (χ0v) is 15.4. The van der Waals surface area contributed by atoms with Gasteiger partial charge in [-0.15, -0.1) is 0 Å². The van der Waals surface area contributed by atoms with E-state index in [1.54, 1.807) is 12.1 Å². The van der Waals surface area contributed by atoms with Crippen molar-refractivity contribution in [2.45, 2.75) is 19.5 Å². The Morgan fingerprint density at radius 2 is 2.04 bits per heavy atom. The summed E-state index contributed by atoms with van der Waals surface area (Å²) in [6, 6.07) is 5.17. The first-order chi connectivity index (χ1) is 12.0. The van der Waals surface area contributed by atoms with Crippen molar-refractivity contribution in [1.82, 2.24) is 20.0 Å². The van der Waals surface area contributed by atoms with Gasteiger partial charge >= 0.3 is 0 Å². The lowest BCUT2D eigenvalue weighted by Crippen LogP contribution is -2.55. The predicted octanol–water partition coefficient (Wildman–Crippen LogP) is 1.42. The molecule has 2 heterocycles. The Hall–Kier alpha value is -1.21. The first-order valence-corrected chi connectivity index (χ1v) is 9.30. The van der Waals surface area contributed by atoms with Gasteiger partial charge in [-0.3, -0.25) is 14.6 Å². The van der Waals surface area contributed by atoms with Crippen LogP contribution in [0.1, 0.15) is 12.5 Å². The standard InChI is InChI=1S/C18H26ClFN4O/c1-14-11-21-5-6-24(14)13-18(25)23-9-7-22(8-10-23)12-15-16(19)3-2-4-17(15)20/h2-4,14,21H,5-13H2,1H3/t14-/m0/s1. The molecule has 1 aromatic rings. The summed E-state index contributed by atoms with van der Waals surface area (Å²) in [5.74, 6) is -0.0731. The highest BCUT2D eigenvalue weighted by atomic mass is 35.5. The molecule has 0 spiro atoms. The van der Waals surface area contributed by atoms with Crippen molar-refractivity contribution >= 4 is 17.5 Å². The van der Waals surface area contributed by atoms with Crippen molar-refractivity contribution < 1.29 is 9.18 Å². The van der Waals surface area contributed by atoms with Gasteiger partial charge in [-0.05, 0) is 19.1 Å². The molecule has 1 amide bonds. The number of carbonyl (C=O) groups excluding carboxylic acids is 1. The SMILES string of the molecule is C[C@H]1CNCCN1CC(=O)N1CCN(Cc2c(F)cccc2Cl)CC1. The van der Waals surface area contributed by atoms with Crippen molar-refractivity contribution in [3.05, 3.63) is 34.6 Å². The Balaban J connectivity index is 1.49. The first kappa shape index (κ1) is 18.6. The van der Waals surface area contributed by atoms with Gasteiger partial charge in [-0.2, -0.15) is 0 Å². The van der Waals surface area contributed by atoms with Gasteiger partial charge in [-0.25, -0.2) is 4.39 Å². The lowest BCUT2D eigenvalue weighted by molar-refractivity contribution is -0.135. The fourth-order valence-corrected chi connectivity index (χ4v) is 3.68. The van der Waals surface area contributed by atoms with E-state index in [9.17, 15) is 9.18 Å². The normalized spacial score (nSPS) is 23.0. The molecule has 5 nitrogen and oxygen atoms in total. The van der Waals surface area contributed by atoms with Crippen molar-refractivity contribution in [3.63, 3.8) is 0 Å². The predicted molar refractivity (Wildman–Crippen MR) is 97.2 cm³/mol. The molecule has 7 heteroatoms. The summed E-state index contributed by atoms with van der Waals surface area (Å²) in [7, 11) is 0. The first-order valence-electron chi connectivity index (χ1n) is 8.92. The molecule has 2 saturated heterocycles. The van der Waals surface area contributed by atoms with Crippen LogP contribution < -0.4 is 5.32 Å². The third-order valence-electron chi connectivity index (χ3n) is 5.15. The van der Waals surface area contributed by atoms with Gasteiger partial charge < -0.3 is 10.2 Å². The van der Waals surface area contributed by atoms with E-state index in [2.05, 4.69) is 22.0 Å². The molecule has 2 aliphatic heterocycles. The highest BCUT2D eigenvalue weighted by molar-refractivity contribution is 6.31. The zero-order valence-electron chi connectivity index (χ0n) is 14.7. The van der Waals surface area contributed by atoms with Gasteiger partial charge in [0, 0.05) is 69.0 Å². The van der Waals surface area contributed by atoms with Crippen LogP contribution >= 0.6 is 11.6 Å². The second kappa shape index (κ2) is 8.45. The zero-order chi connectivity index (χ0) is 17.8. The minimum absolute atomic E-state index is 0.192. The number of carbonyl (C=O) groups is 1. The Morgan fingerprint density at radius 3 is 2.72 bits per heavy atom. The summed E-state index contributed by atoms with van der Waals surface area (Å²) in [6.07, 6.45) is 0. The number of piperazine rings is 2. The van der Waals surface area contributed by atoms with Crippen LogP contribution in [0.5, 0.6) is 0 Å². The van der Waals surface area contributed by atoms with E-state index in [0.717, 1.165) is 32.7 Å². The van der Waals surface area contributed by atoms with E-state index >= 15 is 0 Å². The highest BCUT2D eigenvalue weighted by Crippen LogP contribution is 2.21. The van der Waals surface area contributed by atoms with Gasteiger partial charge in [0.1, 0.15) is 5.82 Å². The third kappa shape index (κ3) is 4.70. The maximum atomic E-state index is 13.9. The lowest BCUT2D eigenvalue weighted by Gasteiger charge is -2.38. The number of nitrogens with zero attached hydrogens (tertiary/aromatic N) is 3. The number of nitrogens with one attached hydrogen (secondary N) is 1. The smallest absolute Gasteiger partial charge is 0.236 e. The van der Waals surface area contributed by atoms with Crippen LogP contribution in [-0.4, -0.2) is 79.0 Å². The molecule has 2 fully saturated rings. The molecular weight excluding hydrogens is 343 g/mol. The van der Waals surface area contributed by atoms with E-state index < -0.39 is 0 Å². The molecule has 1 N–H and O–H groups in total. The molecule has 1 aromatic carbocycles. The van der Waals surface area contributed by atoms with Gasteiger partial charge in [0.05, 0.1) is 6.54 Å². The monoisotopic (exact) mass is 368 g/mol. The molecule has 3 rings (SSSR count). The largest absolute Gasteiger partial charge is 0.339 e. The molecule has 2 aliphatic rings. The van der Waals surface area contributed by atoms with Crippen molar-refractivity contribution in [2.75, 3.05) is 52.4 Å². The summed E-state index contributed by atoms with van der Waals surface area (Å²) in [5, 5.41) is 3.80. The van der Waals surface area contributed by atoms with Gasteiger partial charge in [-0.1, -0.05) is 17.7 Å². The number of hydrogen-bond acceptors (Lipinski definition) is 4. The van der Waals surface area contributed by atoms with Crippen LogP contribution in [0.2, 0.25) is 5.02 Å². The minimum Gasteiger partial charge on any atom is -0.339 e. The average Bonchev–Trinajstić information content (AvgIpc) is 2.61. The topological polar surface area (TPSA) is 38.8 Å². The Labute approximate surface area is 153 Å². The highest BCUT2D eigenvalue weighted by Gasteiger charge is 2.26. The van der Waals surface area contributed by atoms with Crippen LogP contribution in [0.4, 0.5) is 4.39 Å². The molecule has 0 aliphatic carbocycles. The van der Waals surface area contributed by atoms with Gasteiger partial charge in [0.2, 0.25) is 5.91 Å². The number of amides is 1. The number of halogens is 2. The van der Waals surface area contributed by atoms with Crippen LogP contribution in [0.3, 0.4) is 0 Å². The fraction of sp³-hybridized carbons (Fsp3) is 0.611. The fourth-order valence-electron chi connectivity index (χ4n) is 3.45. The van der Waals surface area contributed by atoms with E-state index in [0.29, 0.717) is 42.8 Å². The third-order valence-corrected chi connectivity index (χ3v) is 5.50. The number of benzene rings is 1. The molecule has 0 radical (unpaired) electrons. The van der Waals surface area contributed by atoms with Crippen LogP contribution in [-0.2, 0) is 11.3 Å². The van der Waals surface area contributed by atoms with E-state index in [1.165, 1.54) is 6.07 Å². The molecule has 25 heavy (non-hydrogen) atoms. The Bertz CT molecular complexity index is 586. The second-order valence-corrected chi connectivity index (χ2v) is 7.29. The summed E-state index contributed by atoms with van der Waals surface area (Å²) >= 11 is 6.11. The maximum absolute atomic E-state index is 13.9. The number of rotatable bonds is 4. The van der Waals surface area contributed by atoms with E-state index in [4.69, 9.17) is 11.6 Å². The molecule has 1 atom stereocenters. The maximum Gasteiger partial charge on any atom is 0.236 e. The van der Waals surface area contributed by atoms with Crippen LogP contribution in [0.15, 0.2) is 18.2 Å². The Kier molecular flexibility index (Phi) is 6.28. The number of hydrogen-bond donors (Lipinski definition) is 1. The van der Waals surface area contributed by atoms with Crippen LogP contribution in [0.25, 0.3) is 0 Å². The second-order valence-electron chi connectivity index (χ2n) is 6.88. The molecule has 138 valence electrons. The molecular formula is C18H26ClFN4O. The average molecular weight is 369 g/mol. The molecule has 0 aromatic heterocycles.